The molecule has 0 atom stereocenters. The van der Waals surface area contributed by atoms with Crippen LogP contribution in [-0.4, -0.2) is 16.7 Å². The van der Waals surface area contributed by atoms with Gasteiger partial charge in [0.15, 0.2) is 0 Å². The Kier molecular flexibility index (Phi) is 2.34. The normalized spacial score (nSPS) is 26.7. The van der Waals surface area contributed by atoms with E-state index < -0.39 is 0 Å². The van der Waals surface area contributed by atoms with E-state index in [1.807, 2.05) is 0 Å². The minimum Gasteiger partial charge on any atom is -0.487 e. The number of hydrogen-bond donors (Lipinski definition) is 1. The lowest BCUT2D eigenvalue weighted by atomic mass is 9.71. The van der Waals surface area contributed by atoms with Gasteiger partial charge < -0.3 is 10.1 Å². The maximum absolute atomic E-state index is 6.37. The molecule has 3 rings (SSSR count). The fourth-order valence-electron chi connectivity index (χ4n) is 4.24. The number of fused-ring (bicyclic) bond motifs is 1. The van der Waals surface area contributed by atoms with E-state index in [1.54, 1.807) is 0 Å². The fraction of sp³-hybridized carbons (Fsp3) is 0.625. The summed E-state index contributed by atoms with van der Waals surface area (Å²) in [6, 6.07) is 8.48. The van der Waals surface area contributed by atoms with E-state index >= 15 is 0 Å². The first-order valence-corrected chi connectivity index (χ1v) is 6.86. The van der Waals surface area contributed by atoms with Gasteiger partial charge in [-0.1, -0.05) is 18.2 Å². The molecule has 2 aliphatic heterocycles. The molecule has 0 amide bonds. The Bertz CT molecular complexity index is 433. The number of piperidine rings is 1. The third-order valence-electron chi connectivity index (χ3n) is 4.02. The molecule has 1 saturated heterocycles. The summed E-state index contributed by atoms with van der Waals surface area (Å²) in [7, 11) is 0. The molecule has 0 saturated carbocycles. The average Bonchev–Trinajstić information content (AvgIpc) is 2.48. The van der Waals surface area contributed by atoms with Gasteiger partial charge in [0.25, 0.3) is 0 Å². The third-order valence-corrected chi connectivity index (χ3v) is 4.02. The lowest BCUT2D eigenvalue weighted by Crippen LogP contribution is -2.64. The standard InChI is InChI=1S/C16H23NO/c1-14(2)10-16(11-15(3,4)17-14)9-12-7-5-6-8-13(12)18-16/h5-8,17H,9-11H2,1-4H3. The van der Waals surface area contributed by atoms with Crippen molar-refractivity contribution in [3.05, 3.63) is 29.8 Å². The van der Waals surface area contributed by atoms with Crippen LogP contribution in [0, 0.1) is 0 Å². The zero-order valence-electron chi connectivity index (χ0n) is 11.8. The molecule has 1 aromatic carbocycles. The summed E-state index contributed by atoms with van der Waals surface area (Å²) < 4.78 is 6.37. The van der Waals surface area contributed by atoms with Crippen molar-refractivity contribution in [1.29, 1.82) is 0 Å². The van der Waals surface area contributed by atoms with Crippen molar-refractivity contribution in [2.45, 2.75) is 63.6 Å². The predicted molar refractivity (Wildman–Crippen MR) is 74.0 cm³/mol. The van der Waals surface area contributed by atoms with Crippen LogP contribution < -0.4 is 10.1 Å². The summed E-state index contributed by atoms with van der Waals surface area (Å²) >= 11 is 0. The highest BCUT2D eigenvalue weighted by Crippen LogP contribution is 2.46. The minimum absolute atomic E-state index is 0.0120. The lowest BCUT2D eigenvalue weighted by Gasteiger charge is -2.51. The molecule has 0 bridgehead atoms. The summed E-state index contributed by atoms with van der Waals surface area (Å²) in [5.41, 5.74) is 1.61. The van der Waals surface area contributed by atoms with Crippen LogP contribution >= 0.6 is 0 Å². The average molecular weight is 245 g/mol. The van der Waals surface area contributed by atoms with E-state index in [-0.39, 0.29) is 16.7 Å². The Morgan fingerprint density at radius 1 is 1.00 bits per heavy atom. The molecule has 0 aliphatic carbocycles. The Morgan fingerprint density at radius 3 is 2.22 bits per heavy atom. The number of para-hydroxylation sites is 1. The summed E-state index contributed by atoms with van der Waals surface area (Å²) in [6.07, 6.45) is 3.19. The number of hydrogen-bond acceptors (Lipinski definition) is 2. The van der Waals surface area contributed by atoms with Gasteiger partial charge in [-0.15, -0.1) is 0 Å². The molecular weight excluding hydrogens is 222 g/mol. The van der Waals surface area contributed by atoms with Crippen molar-refractivity contribution in [2.24, 2.45) is 0 Å². The Balaban J connectivity index is 1.94. The molecular formula is C16H23NO. The van der Waals surface area contributed by atoms with E-state index in [0.29, 0.717) is 0 Å². The third kappa shape index (κ3) is 2.03. The molecule has 1 spiro atoms. The zero-order chi connectivity index (χ0) is 13.0. The van der Waals surface area contributed by atoms with E-state index in [1.165, 1.54) is 5.56 Å². The molecule has 2 heteroatoms. The number of nitrogens with one attached hydrogen (secondary N) is 1. The molecule has 1 fully saturated rings. The van der Waals surface area contributed by atoms with Crippen LogP contribution in [0.1, 0.15) is 46.1 Å². The molecule has 0 unspecified atom stereocenters. The second-order valence-electron chi connectivity index (χ2n) is 7.32. The van der Waals surface area contributed by atoms with Crippen LogP contribution in [0.5, 0.6) is 5.75 Å². The quantitative estimate of drug-likeness (QED) is 0.757. The van der Waals surface area contributed by atoms with E-state index in [0.717, 1.165) is 25.0 Å². The molecule has 1 aromatic rings. The van der Waals surface area contributed by atoms with Gasteiger partial charge in [0.05, 0.1) is 0 Å². The first kappa shape index (κ1) is 12.0. The van der Waals surface area contributed by atoms with Crippen LogP contribution in [0.25, 0.3) is 0 Å². The Morgan fingerprint density at radius 2 is 1.61 bits per heavy atom. The molecule has 2 aliphatic rings. The van der Waals surface area contributed by atoms with Crippen molar-refractivity contribution >= 4 is 0 Å². The van der Waals surface area contributed by atoms with Gasteiger partial charge >= 0.3 is 0 Å². The monoisotopic (exact) mass is 245 g/mol. The van der Waals surface area contributed by atoms with Crippen LogP contribution in [-0.2, 0) is 6.42 Å². The first-order chi connectivity index (χ1) is 8.29. The van der Waals surface area contributed by atoms with Gasteiger partial charge in [-0.2, -0.15) is 0 Å². The largest absolute Gasteiger partial charge is 0.487 e. The van der Waals surface area contributed by atoms with Gasteiger partial charge in [0, 0.05) is 30.3 Å². The van der Waals surface area contributed by atoms with E-state index in [2.05, 4.69) is 57.3 Å². The Labute approximate surface area is 110 Å². The topological polar surface area (TPSA) is 21.3 Å². The summed E-state index contributed by atoms with van der Waals surface area (Å²) in [4.78, 5) is 0. The molecule has 98 valence electrons. The van der Waals surface area contributed by atoms with Gasteiger partial charge in [0.2, 0.25) is 0 Å². The molecule has 18 heavy (non-hydrogen) atoms. The highest BCUT2D eigenvalue weighted by Gasteiger charge is 2.51. The van der Waals surface area contributed by atoms with Gasteiger partial charge in [-0.3, -0.25) is 0 Å². The number of benzene rings is 1. The van der Waals surface area contributed by atoms with Gasteiger partial charge in [0.1, 0.15) is 11.4 Å². The van der Waals surface area contributed by atoms with Crippen LogP contribution in [0.4, 0.5) is 0 Å². The van der Waals surface area contributed by atoms with E-state index in [4.69, 9.17) is 4.74 Å². The van der Waals surface area contributed by atoms with Crippen LogP contribution in [0.15, 0.2) is 24.3 Å². The molecule has 2 heterocycles. The minimum atomic E-state index is -0.0120. The van der Waals surface area contributed by atoms with Crippen molar-refractivity contribution in [3.63, 3.8) is 0 Å². The van der Waals surface area contributed by atoms with Crippen LogP contribution in [0.3, 0.4) is 0 Å². The summed E-state index contributed by atoms with van der Waals surface area (Å²) in [5, 5.41) is 3.73. The fourth-order valence-corrected chi connectivity index (χ4v) is 4.24. The smallest absolute Gasteiger partial charge is 0.123 e. The second kappa shape index (κ2) is 3.51. The van der Waals surface area contributed by atoms with Gasteiger partial charge in [-0.05, 0) is 39.3 Å². The highest BCUT2D eigenvalue weighted by molar-refractivity contribution is 5.40. The summed E-state index contributed by atoms with van der Waals surface area (Å²) in [6.45, 7) is 9.12. The van der Waals surface area contributed by atoms with Crippen molar-refractivity contribution in [3.8, 4) is 5.75 Å². The van der Waals surface area contributed by atoms with Crippen molar-refractivity contribution in [1.82, 2.24) is 5.32 Å². The Hall–Kier alpha value is -1.02. The molecule has 2 nitrogen and oxygen atoms in total. The zero-order valence-corrected chi connectivity index (χ0v) is 11.8. The maximum Gasteiger partial charge on any atom is 0.123 e. The predicted octanol–water partition coefficient (Wildman–Crippen LogP) is 3.30. The van der Waals surface area contributed by atoms with E-state index in [9.17, 15) is 0 Å². The maximum atomic E-state index is 6.37. The number of rotatable bonds is 0. The first-order valence-electron chi connectivity index (χ1n) is 6.86. The molecule has 0 aromatic heterocycles. The highest BCUT2D eigenvalue weighted by atomic mass is 16.5. The van der Waals surface area contributed by atoms with Crippen molar-refractivity contribution in [2.75, 3.05) is 0 Å². The number of ether oxygens (including phenoxy) is 1. The molecule has 1 N–H and O–H groups in total. The van der Waals surface area contributed by atoms with Gasteiger partial charge in [-0.25, -0.2) is 0 Å². The van der Waals surface area contributed by atoms with Crippen LogP contribution in [0.2, 0.25) is 0 Å². The molecule has 0 radical (unpaired) electrons. The lowest BCUT2D eigenvalue weighted by molar-refractivity contribution is -0.0202. The second-order valence-corrected chi connectivity index (χ2v) is 7.32. The SMILES string of the molecule is CC1(C)CC2(Cc3ccccc3O2)CC(C)(C)N1. The summed E-state index contributed by atoms with van der Waals surface area (Å²) in [5.74, 6) is 1.09. The van der Waals surface area contributed by atoms with Crippen molar-refractivity contribution < 1.29 is 4.74 Å².